The van der Waals surface area contributed by atoms with Gasteiger partial charge in [0.25, 0.3) is 5.56 Å². The van der Waals surface area contributed by atoms with Crippen molar-refractivity contribution < 1.29 is 4.79 Å². The summed E-state index contributed by atoms with van der Waals surface area (Å²) < 4.78 is 3.35. The minimum atomic E-state index is -0.452. The number of hydrogen-bond donors (Lipinski definition) is 1. The molecule has 0 saturated heterocycles. The van der Waals surface area contributed by atoms with Gasteiger partial charge in [-0.05, 0) is 37.1 Å². The van der Waals surface area contributed by atoms with Crippen LogP contribution in [0.15, 0.2) is 43.4 Å². The molecule has 1 aromatic carbocycles. The number of aryl methyl sites for hydroxylation is 1. The number of rotatable bonds is 5. The van der Waals surface area contributed by atoms with E-state index in [0.717, 1.165) is 34.7 Å². The van der Waals surface area contributed by atoms with Crippen molar-refractivity contribution in [1.82, 2.24) is 19.1 Å². The Labute approximate surface area is 191 Å². The Morgan fingerprint density at radius 3 is 2.48 bits per heavy atom. The Kier molecular flexibility index (Phi) is 6.29. The average molecular weight is 504 g/mol. The Balaban J connectivity index is 1.69. The number of hydrogen-bond acceptors (Lipinski definition) is 6. The van der Waals surface area contributed by atoms with Gasteiger partial charge in [0, 0.05) is 30.2 Å². The second-order valence-electron chi connectivity index (χ2n) is 7.62. The van der Waals surface area contributed by atoms with E-state index in [1.54, 1.807) is 19.2 Å². The van der Waals surface area contributed by atoms with Gasteiger partial charge < -0.3 is 5.32 Å². The number of carbonyl (C=O) groups excluding carboxylic acids is 1. The third kappa shape index (κ3) is 4.45. The molecule has 0 atom stereocenters. The third-order valence-electron chi connectivity index (χ3n) is 5.47. The van der Waals surface area contributed by atoms with Gasteiger partial charge in [0.1, 0.15) is 16.2 Å². The molecule has 1 fully saturated rings. The first-order valence-corrected chi connectivity index (χ1v) is 11.8. The van der Waals surface area contributed by atoms with Gasteiger partial charge in [-0.2, -0.15) is 0 Å². The molecular formula is C21H22BrN5O3S. The van der Waals surface area contributed by atoms with E-state index in [-0.39, 0.29) is 23.0 Å². The zero-order valence-electron chi connectivity index (χ0n) is 17.2. The number of halogens is 1. The van der Waals surface area contributed by atoms with E-state index in [2.05, 4.69) is 31.2 Å². The molecule has 8 nitrogen and oxygen atoms in total. The molecule has 31 heavy (non-hydrogen) atoms. The molecule has 2 heterocycles. The van der Waals surface area contributed by atoms with E-state index >= 15 is 0 Å². The standard InChI is InChI=1S/C21H22BrN5O3S/c1-26-18-16(20(29)27(2)21(26)30)19(25-17(24-18)12-5-3-4-6-12)31-11-15(28)23-14-9-7-13(22)8-10-14/h7-10,12H,3-6,11H2,1-2H3,(H,23,28). The molecular weight excluding hydrogens is 482 g/mol. The van der Waals surface area contributed by atoms with Crippen LogP contribution in [0.3, 0.4) is 0 Å². The van der Waals surface area contributed by atoms with Crippen LogP contribution in [-0.2, 0) is 18.9 Å². The lowest BCUT2D eigenvalue weighted by Gasteiger charge is -2.14. The van der Waals surface area contributed by atoms with E-state index in [1.807, 2.05) is 12.1 Å². The van der Waals surface area contributed by atoms with Crippen LogP contribution in [0, 0.1) is 0 Å². The van der Waals surface area contributed by atoms with Crippen LogP contribution in [0.1, 0.15) is 37.4 Å². The second-order valence-corrected chi connectivity index (χ2v) is 9.50. The summed E-state index contributed by atoms with van der Waals surface area (Å²) in [6, 6.07) is 7.30. The van der Waals surface area contributed by atoms with Crippen LogP contribution in [0.2, 0.25) is 0 Å². The summed E-state index contributed by atoms with van der Waals surface area (Å²) in [5.41, 5.74) is 0.122. The topological polar surface area (TPSA) is 98.9 Å². The van der Waals surface area contributed by atoms with Crippen molar-refractivity contribution in [1.29, 1.82) is 0 Å². The van der Waals surface area contributed by atoms with Crippen molar-refractivity contribution in [3.05, 3.63) is 55.4 Å². The van der Waals surface area contributed by atoms with Gasteiger partial charge in [0.05, 0.1) is 5.75 Å². The maximum Gasteiger partial charge on any atom is 0.332 e. The van der Waals surface area contributed by atoms with E-state index in [4.69, 9.17) is 0 Å². The fraction of sp³-hybridized carbons (Fsp3) is 0.381. The molecule has 162 valence electrons. The Bertz CT molecular complexity index is 1260. The minimum absolute atomic E-state index is 0.0816. The summed E-state index contributed by atoms with van der Waals surface area (Å²) in [7, 11) is 3.04. The fourth-order valence-corrected chi connectivity index (χ4v) is 4.87. The molecule has 1 aliphatic rings. The van der Waals surface area contributed by atoms with Crippen LogP contribution >= 0.6 is 27.7 Å². The Morgan fingerprint density at radius 2 is 1.81 bits per heavy atom. The summed E-state index contributed by atoms with van der Waals surface area (Å²) in [6.07, 6.45) is 4.19. The minimum Gasteiger partial charge on any atom is -0.325 e. The predicted molar refractivity (Wildman–Crippen MR) is 125 cm³/mol. The van der Waals surface area contributed by atoms with Crippen LogP contribution in [0.5, 0.6) is 0 Å². The summed E-state index contributed by atoms with van der Waals surface area (Å²) in [5, 5.41) is 3.55. The molecule has 0 radical (unpaired) electrons. The normalized spacial score (nSPS) is 14.3. The highest BCUT2D eigenvalue weighted by Crippen LogP contribution is 2.34. The van der Waals surface area contributed by atoms with Gasteiger partial charge in [0.2, 0.25) is 5.91 Å². The Hall–Kier alpha value is -2.46. The molecule has 2 aromatic heterocycles. The van der Waals surface area contributed by atoms with Crippen LogP contribution in [0.4, 0.5) is 5.69 Å². The molecule has 1 N–H and O–H groups in total. The van der Waals surface area contributed by atoms with E-state index in [9.17, 15) is 14.4 Å². The van der Waals surface area contributed by atoms with E-state index < -0.39 is 11.2 Å². The summed E-state index contributed by atoms with van der Waals surface area (Å²) in [4.78, 5) is 47.1. The number of aromatic nitrogens is 4. The second kappa shape index (κ2) is 8.96. The van der Waals surface area contributed by atoms with Gasteiger partial charge in [-0.1, -0.05) is 40.5 Å². The number of anilines is 1. The summed E-state index contributed by atoms with van der Waals surface area (Å²) in [6.45, 7) is 0. The highest BCUT2D eigenvalue weighted by atomic mass is 79.9. The van der Waals surface area contributed by atoms with Gasteiger partial charge >= 0.3 is 5.69 Å². The maximum absolute atomic E-state index is 12.9. The van der Waals surface area contributed by atoms with E-state index in [1.165, 1.54) is 23.4 Å². The smallest absolute Gasteiger partial charge is 0.325 e. The molecule has 3 aromatic rings. The van der Waals surface area contributed by atoms with Gasteiger partial charge in [-0.3, -0.25) is 18.7 Å². The first kappa shape index (κ1) is 21.8. The molecule has 0 unspecified atom stereocenters. The van der Waals surface area contributed by atoms with Crippen molar-refractivity contribution in [3.63, 3.8) is 0 Å². The highest BCUT2D eigenvalue weighted by molar-refractivity contribution is 9.10. The largest absolute Gasteiger partial charge is 0.332 e. The van der Waals surface area contributed by atoms with Crippen molar-refractivity contribution in [2.45, 2.75) is 36.6 Å². The van der Waals surface area contributed by atoms with Crippen LogP contribution in [-0.4, -0.2) is 30.8 Å². The molecule has 1 saturated carbocycles. The first-order chi connectivity index (χ1) is 14.8. The SMILES string of the molecule is Cn1c(=O)c2c(SCC(=O)Nc3ccc(Br)cc3)nc(C3CCCC3)nc2n(C)c1=O. The van der Waals surface area contributed by atoms with Crippen molar-refractivity contribution in [3.8, 4) is 0 Å². The zero-order chi connectivity index (χ0) is 22.1. The zero-order valence-corrected chi connectivity index (χ0v) is 19.6. The number of amides is 1. The van der Waals surface area contributed by atoms with Gasteiger partial charge in [-0.15, -0.1) is 0 Å². The van der Waals surface area contributed by atoms with Crippen LogP contribution in [0.25, 0.3) is 11.0 Å². The molecule has 0 aliphatic heterocycles. The summed E-state index contributed by atoms with van der Waals surface area (Å²) in [5.74, 6) is 0.727. The fourth-order valence-electron chi connectivity index (χ4n) is 3.78. The van der Waals surface area contributed by atoms with Gasteiger partial charge in [0.15, 0.2) is 5.65 Å². The number of nitrogens with zero attached hydrogens (tertiary/aromatic N) is 4. The molecule has 10 heteroatoms. The first-order valence-electron chi connectivity index (χ1n) is 10.0. The van der Waals surface area contributed by atoms with Crippen molar-refractivity contribution in [2.75, 3.05) is 11.1 Å². The monoisotopic (exact) mass is 503 g/mol. The number of benzene rings is 1. The highest BCUT2D eigenvalue weighted by Gasteiger charge is 2.24. The quantitative estimate of drug-likeness (QED) is 0.424. The number of thioether (sulfide) groups is 1. The van der Waals surface area contributed by atoms with Crippen molar-refractivity contribution in [2.24, 2.45) is 14.1 Å². The number of nitrogens with one attached hydrogen (secondary N) is 1. The number of fused-ring (bicyclic) bond motifs is 1. The predicted octanol–water partition coefficient (Wildman–Crippen LogP) is 3.18. The molecule has 1 aliphatic carbocycles. The summed E-state index contributed by atoms with van der Waals surface area (Å²) >= 11 is 4.56. The molecule has 4 rings (SSSR count). The maximum atomic E-state index is 12.9. The van der Waals surface area contributed by atoms with Crippen molar-refractivity contribution >= 4 is 50.3 Å². The van der Waals surface area contributed by atoms with Crippen LogP contribution < -0.4 is 16.6 Å². The Morgan fingerprint density at radius 1 is 1.13 bits per heavy atom. The third-order valence-corrected chi connectivity index (χ3v) is 6.98. The lowest BCUT2D eigenvalue weighted by molar-refractivity contribution is -0.113. The van der Waals surface area contributed by atoms with E-state index in [0.29, 0.717) is 22.2 Å². The molecule has 0 spiro atoms. The van der Waals surface area contributed by atoms with Gasteiger partial charge in [-0.25, -0.2) is 14.8 Å². The molecule has 0 bridgehead atoms. The number of carbonyl (C=O) groups is 1. The average Bonchev–Trinajstić information content (AvgIpc) is 3.31. The molecule has 1 amide bonds. The lowest BCUT2D eigenvalue weighted by Crippen LogP contribution is -2.38. The lowest BCUT2D eigenvalue weighted by atomic mass is 10.1.